The first kappa shape index (κ1) is 13.5. The van der Waals surface area contributed by atoms with Crippen LogP contribution in [-0.2, 0) is 4.79 Å². The van der Waals surface area contributed by atoms with Gasteiger partial charge in [0.1, 0.15) is 0 Å². The lowest BCUT2D eigenvalue weighted by molar-refractivity contribution is -0.117. The van der Waals surface area contributed by atoms with Gasteiger partial charge < -0.3 is 10.4 Å². The van der Waals surface area contributed by atoms with E-state index in [-0.39, 0.29) is 18.6 Å². The van der Waals surface area contributed by atoms with Gasteiger partial charge in [-0.3, -0.25) is 4.79 Å². The Balaban J connectivity index is 2.60. The van der Waals surface area contributed by atoms with Crippen LogP contribution in [-0.4, -0.2) is 23.7 Å². The van der Waals surface area contributed by atoms with Crippen LogP contribution in [0.25, 0.3) is 6.08 Å². The average Bonchev–Trinajstić information content (AvgIpc) is 2.35. The zero-order valence-electron chi connectivity index (χ0n) is 10.3. The molecular formula is C14H19NO2. The van der Waals surface area contributed by atoms with Crippen molar-refractivity contribution in [2.45, 2.75) is 26.3 Å². The highest BCUT2D eigenvalue weighted by Crippen LogP contribution is 2.08. The molecule has 2 N–H and O–H groups in total. The van der Waals surface area contributed by atoms with Crippen molar-refractivity contribution in [3.63, 3.8) is 0 Å². The molecule has 0 heterocycles. The Bertz CT molecular complexity index is 395. The first-order chi connectivity index (χ1) is 8.17. The smallest absolute Gasteiger partial charge is 0.244 e. The maximum Gasteiger partial charge on any atom is 0.244 e. The summed E-state index contributed by atoms with van der Waals surface area (Å²) in [6.07, 6.45) is 4.01. The first-order valence-electron chi connectivity index (χ1n) is 5.82. The summed E-state index contributed by atoms with van der Waals surface area (Å²) in [6, 6.07) is 7.70. The lowest BCUT2D eigenvalue weighted by atomic mass is 10.1. The predicted molar refractivity (Wildman–Crippen MR) is 69.5 cm³/mol. The van der Waals surface area contributed by atoms with Gasteiger partial charge in [0.15, 0.2) is 0 Å². The Morgan fingerprint density at radius 3 is 2.76 bits per heavy atom. The van der Waals surface area contributed by atoms with Crippen LogP contribution in [0, 0.1) is 6.92 Å². The molecule has 0 aliphatic carbocycles. The van der Waals surface area contributed by atoms with Crippen LogP contribution >= 0.6 is 0 Å². The first-order valence-corrected chi connectivity index (χ1v) is 5.82. The van der Waals surface area contributed by atoms with Crippen LogP contribution in [0.3, 0.4) is 0 Å². The SMILES string of the molecule is CC[C@@H](CO)NC(=O)/C=C/c1ccccc1C. The summed E-state index contributed by atoms with van der Waals surface area (Å²) in [6.45, 7) is 3.90. The number of aliphatic hydroxyl groups is 1. The number of nitrogens with one attached hydrogen (secondary N) is 1. The van der Waals surface area contributed by atoms with E-state index in [0.717, 1.165) is 17.5 Å². The summed E-state index contributed by atoms with van der Waals surface area (Å²) in [5.41, 5.74) is 2.16. The maximum absolute atomic E-state index is 11.5. The summed E-state index contributed by atoms with van der Waals surface area (Å²) >= 11 is 0. The highest BCUT2D eigenvalue weighted by Gasteiger charge is 2.05. The van der Waals surface area contributed by atoms with Crippen LogP contribution in [0.4, 0.5) is 0 Å². The Labute approximate surface area is 102 Å². The van der Waals surface area contributed by atoms with Crippen LogP contribution in [0.15, 0.2) is 30.3 Å². The second-order valence-corrected chi connectivity index (χ2v) is 3.99. The van der Waals surface area contributed by atoms with E-state index in [9.17, 15) is 4.79 Å². The molecule has 1 aromatic rings. The molecule has 0 aliphatic heterocycles. The van der Waals surface area contributed by atoms with Crippen molar-refractivity contribution in [1.82, 2.24) is 5.32 Å². The summed E-state index contributed by atoms with van der Waals surface area (Å²) < 4.78 is 0. The molecule has 0 bridgehead atoms. The van der Waals surface area contributed by atoms with E-state index < -0.39 is 0 Å². The van der Waals surface area contributed by atoms with Gasteiger partial charge in [-0.25, -0.2) is 0 Å². The Hall–Kier alpha value is -1.61. The second-order valence-electron chi connectivity index (χ2n) is 3.99. The van der Waals surface area contributed by atoms with Gasteiger partial charge in [0.05, 0.1) is 12.6 Å². The molecule has 92 valence electrons. The number of carbonyl (C=O) groups is 1. The van der Waals surface area contributed by atoms with E-state index in [0.29, 0.717) is 0 Å². The standard InChI is InChI=1S/C14H19NO2/c1-3-13(10-16)15-14(17)9-8-12-7-5-4-6-11(12)2/h4-9,13,16H,3,10H2,1-2H3,(H,15,17)/b9-8+/t13-/m0/s1. The molecule has 3 heteroatoms. The molecule has 17 heavy (non-hydrogen) atoms. The molecule has 1 amide bonds. The minimum atomic E-state index is -0.172. The van der Waals surface area contributed by atoms with Gasteiger partial charge >= 0.3 is 0 Å². The Morgan fingerprint density at radius 1 is 1.47 bits per heavy atom. The fourth-order valence-electron chi connectivity index (χ4n) is 1.47. The van der Waals surface area contributed by atoms with Crippen molar-refractivity contribution in [3.05, 3.63) is 41.5 Å². The highest BCUT2D eigenvalue weighted by atomic mass is 16.3. The normalized spacial score (nSPS) is 12.6. The summed E-state index contributed by atoms with van der Waals surface area (Å²) in [5.74, 6) is -0.172. The highest BCUT2D eigenvalue weighted by molar-refractivity contribution is 5.92. The molecular weight excluding hydrogens is 214 g/mol. The minimum absolute atomic E-state index is 0.0273. The molecule has 1 aromatic carbocycles. The van der Waals surface area contributed by atoms with Crippen LogP contribution < -0.4 is 5.32 Å². The van der Waals surface area contributed by atoms with Gasteiger partial charge in [-0.15, -0.1) is 0 Å². The molecule has 0 aromatic heterocycles. The number of benzene rings is 1. The third kappa shape index (κ3) is 4.41. The molecule has 0 fully saturated rings. The molecule has 0 aliphatic rings. The molecule has 3 nitrogen and oxygen atoms in total. The number of hydrogen-bond donors (Lipinski definition) is 2. The van der Waals surface area contributed by atoms with Crippen LogP contribution in [0.2, 0.25) is 0 Å². The molecule has 0 saturated heterocycles. The van der Waals surface area contributed by atoms with Gasteiger partial charge in [-0.05, 0) is 30.5 Å². The van der Waals surface area contributed by atoms with E-state index >= 15 is 0 Å². The zero-order valence-corrected chi connectivity index (χ0v) is 10.3. The molecule has 0 saturated carbocycles. The van der Waals surface area contributed by atoms with Crippen molar-refractivity contribution < 1.29 is 9.90 Å². The summed E-state index contributed by atoms with van der Waals surface area (Å²) in [7, 11) is 0. The molecule has 1 atom stereocenters. The van der Waals surface area contributed by atoms with Crippen molar-refractivity contribution in [2.75, 3.05) is 6.61 Å². The monoisotopic (exact) mass is 233 g/mol. The van der Waals surface area contributed by atoms with Crippen LogP contribution in [0.1, 0.15) is 24.5 Å². The third-order valence-corrected chi connectivity index (χ3v) is 2.66. The lowest BCUT2D eigenvalue weighted by Gasteiger charge is -2.11. The topological polar surface area (TPSA) is 49.3 Å². The third-order valence-electron chi connectivity index (χ3n) is 2.66. The van der Waals surface area contributed by atoms with E-state index in [2.05, 4.69) is 5.32 Å². The number of aryl methyl sites for hydroxylation is 1. The van der Waals surface area contributed by atoms with E-state index in [1.165, 1.54) is 6.08 Å². The number of carbonyl (C=O) groups excluding carboxylic acids is 1. The fourth-order valence-corrected chi connectivity index (χ4v) is 1.47. The van der Waals surface area contributed by atoms with E-state index in [1.54, 1.807) is 6.08 Å². The Morgan fingerprint density at radius 2 is 2.18 bits per heavy atom. The second kappa shape index (κ2) is 6.86. The molecule has 0 spiro atoms. The van der Waals surface area contributed by atoms with Gasteiger partial charge in [0.25, 0.3) is 0 Å². The van der Waals surface area contributed by atoms with Crippen LogP contribution in [0.5, 0.6) is 0 Å². The summed E-state index contributed by atoms with van der Waals surface area (Å²) in [4.78, 5) is 11.5. The number of amides is 1. The van der Waals surface area contributed by atoms with Gasteiger partial charge in [0, 0.05) is 6.08 Å². The minimum Gasteiger partial charge on any atom is -0.394 e. The number of aliphatic hydroxyl groups excluding tert-OH is 1. The average molecular weight is 233 g/mol. The zero-order chi connectivity index (χ0) is 12.7. The molecule has 0 radical (unpaired) electrons. The van der Waals surface area contributed by atoms with Gasteiger partial charge in [-0.1, -0.05) is 31.2 Å². The molecule has 1 rings (SSSR count). The van der Waals surface area contributed by atoms with Crippen molar-refractivity contribution in [1.29, 1.82) is 0 Å². The van der Waals surface area contributed by atoms with Crippen molar-refractivity contribution in [3.8, 4) is 0 Å². The number of rotatable bonds is 5. The lowest BCUT2D eigenvalue weighted by Crippen LogP contribution is -2.35. The van der Waals surface area contributed by atoms with E-state index in [4.69, 9.17) is 5.11 Å². The van der Waals surface area contributed by atoms with Crippen molar-refractivity contribution in [2.24, 2.45) is 0 Å². The fraction of sp³-hybridized carbons (Fsp3) is 0.357. The van der Waals surface area contributed by atoms with Crippen molar-refractivity contribution >= 4 is 12.0 Å². The largest absolute Gasteiger partial charge is 0.394 e. The van der Waals surface area contributed by atoms with Gasteiger partial charge in [-0.2, -0.15) is 0 Å². The molecule has 0 unspecified atom stereocenters. The van der Waals surface area contributed by atoms with E-state index in [1.807, 2.05) is 38.1 Å². The quantitative estimate of drug-likeness (QED) is 0.763. The maximum atomic E-state index is 11.5. The Kier molecular flexibility index (Phi) is 5.43. The van der Waals surface area contributed by atoms with Gasteiger partial charge in [0.2, 0.25) is 5.91 Å². The summed E-state index contributed by atoms with van der Waals surface area (Å²) in [5, 5.41) is 11.7. The predicted octanol–water partition coefficient (Wildman–Crippen LogP) is 1.90. The number of hydrogen-bond acceptors (Lipinski definition) is 2.